The first-order valence-electron chi connectivity index (χ1n) is 7.05. The number of aliphatic hydroxyl groups is 1. The van der Waals surface area contributed by atoms with Crippen molar-refractivity contribution in [3.63, 3.8) is 0 Å². The van der Waals surface area contributed by atoms with Crippen molar-refractivity contribution in [3.8, 4) is 0 Å². The molecule has 1 aliphatic rings. The van der Waals surface area contributed by atoms with E-state index < -0.39 is 0 Å². The molecule has 0 aromatic heterocycles. The first kappa shape index (κ1) is 12.4. The van der Waals surface area contributed by atoms with E-state index in [1.54, 1.807) is 0 Å². The average Bonchev–Trinajstić information content (AvgIpc) is 2.45. The highest BCUT2D eigenvalue weighted by atomic mass is 16.3. The number of hydrogen-bond acceptors (Lipinski definition) is 1. The van der Waals surface area contributed by atoms with Gasteiger partial charge in [0.2, 0.25) is 0 Å². The second-order valence-corrected chi connectivity index (χ2v) is 5.63. The standard InChI is InChI=1S/C18H20O/c1-13-6-8-14(9-7-13)12-16-11-10-15-4-2-3-5-17(15)18(16)19/h2-9,16,18-19H,10-12H2,1H3. The number of aryl methyl sites for hydroxylation is 2. The van der Waals surface area contributed by atoms with Crippen molar-refractivity contribution in [3.05, 3.63) is 70.8 Å². The monoisotopic (exact) mass is 252 g/mol. The van der Waals surface area contributed by atoms with E-state index in [4.69, 9.17) is 0 Å². The largest absolute Gasteiger partial charge is 0.388 e. The van der Waals surface area contributed by atoms with Crippen LogP contribution in [0, 0.1) is 12.8 Å². The van der Waals surface area contributed by atoms with Gasteiger partial charge < -0.3 is 5.11 Å². The lowest BCUT2D eigenvalue weighted by molar-refractivity contribution is 0.0936. The molecule has 0 spiro atoms. The van der Waals surface area contributed by atoms with Crippen molar-refractivity contribution in [1.29, 1.82) is 0 Å². The third-order valence-electron chi connectivity index (χ3n) is 4.22. The maximum absolute atomic E-state index is 10.5. The van der Waals surface area contributed by atoms with Gasteiger partial charge in [0.25, 0.3) is 0 Å². The summed E-state index contributed by atoms with van der Waals surface area (Å²) in [6, 6.07) is 17.0. The van der Waals surface area contributed by atoms with Gasteiger partial charge in [-0.05, 0) is 48.8 Å². The van der Waals surface area contributed by atoms with Crippen LogP contribution in [0.3, 0.4) is 0 Å². The highest BCUT2D eigenvalue weighted by molar-refractivity contribution is 5.32. The number of hydrogen-bond donors (Lipinski definition) is 1. The molecule has 2 atom stereocenters. The van der Waals surface area contributed by atoms with Gasteiger partial charge in [-0.3, -0.25) is 0 Å². The third kappa shape index (κ3) is 2.57. The van der Waals surface area contributed by atoms with Gasteiger partial charge in [0.1, 0.15) is 0 Å². The molecule has 3 rings (SSSR count). The predicted molar refractivity (Wildman–Crippen MR) is 78.1 cm³/mol. The Labute approximate surface area is 114 Å². The summed E-state index contributed by atoms with van der Waals surface area (Å²) >= 11 is 0. The van der Waals surface area contributed by atoms with Crippen molar-refractivity contribution in [2.24, 2.45) is 5.92 Å². The molecule has 98 valence electrons. The third-order valence-corrected chi connectivity index (χ3v) is 4.22. The van der Waals surface area contributed by atoms with Gasteiger partial charge in [0.05, 0.1) is 6.10 Å². The smallest absolute Gasteiger partial charge is 0.0824 e. The molecule has 0 bridgehead atoms. The fourth-order valence-corrected chi connectivity index (χ4v) is 3.04. The minimum absolute atomic E-state index is 0.314. The van der Waals surface area contributed by atoms with Crippen molar-refractivity contribution in [1.82, 2.24) is 0 Å². The number of fused-ring (bicyclic) bond motifs is 1. The van der Waals surface area contributed by atoms with E-state index >= 15 is 0 Å². The van der Waals surface area contributed by atoms with Crippen molar-refractivity contribution < 1.29 is 5.11 Å². The summed E-state index contributed by atoms with van der Waals surface area (Å²) in [7, 11) is 0. The quantitative estimate of drug-likeness (QED) is 0.861. The van der Waals surface area contributed by atoms with Crippen LogP contribution in [-0.4, -0.2) is 5.11 Å². The zero-order chi connectivity index (χ0) is 13.2. The van der Waals surface area contributed by atoms with Crippen LogP contribution in [0.25, 0.3) is 0 Å². The fourth-order valence-electron chi connectivity index (χ4n) is 3.04. The summed E-state index contributed by atoms with van der Waals surface area (Å²) in [6.45, 7) is 2.11. The molecule has 1 nitrogen and oxygen atoms in total. The Bertz CT molecular complexity index is 556. The van der Waals surface area contributed by atoms with Crippen LogP contribution in [0.4, 0.5) is 0 Å². The second kappa shape index (κ2) is 5.18. The summed E-state index contributed by atoms with van der Waals surface area (Å²) in [5, 5.41) is 10.5. The van der Waals surface area contributed by atoms with Crippen LogP contribution in [0.5, 0.6) is 0 Å². The highest BCUT2D eigenvalue weighted by Gasteiger charge is 2.27. The van der Waals surface area contributed by atoms with E-state index in [9.17, 15) is 5.11 Å². The minimum atomic E-state index is -0.314. The van der Waals surface area contributed by atoms with Crippen LogP contribution in [0.15, 0.2) is 48.5 Å². The van der Waals surface area contributed by atoms with Crippen LogP contribution in [0.1, 0.15) is 34.8 Å². The van der Waals surface area contributed by atoms with Crippen LogP contribution < -0.4 is 0 Å². The molecule has 0 amide bonds. The Hall–Kier alpha value is -1.60. The molecule has 1 aliphatic carbocycles. The van der Waals surface area contributed by atoms with Crippen molar-refractivity contribution in [2.45, 2.75) is 32.3 Å². The lowest BCUT2D eigenvalue weighted by Crippen LogP contribution is -2.22. The zero-order valence-corrected chi connectivity index (χ0v) is 11.3. The lowest BCUT2D eigenvalue weighted by atomic mass is 9.78. The van der Waals surface area contributed by atoms with Gasteiger partial charge in [-0.15, -0.1) is 0 Å². The zero-order valence-electron chi connectivity index (χ0n) is 11.3. The molecule has 0 heterocycles. The van der Waals surface area contributed by atoms with E-state index in [-0.39, 0.29) is 6.10 Å². The Balaban J connectivity index is 1.79. The molecule has 19 heavy (non-hydrogen) atoms. The summed E-state index contributed by atoms with van der Waals surface area (Å²) in [5.74, 6) is 0.345. The highest BCUT2D eigenvalue weighted by Crippen LogP contribution is 2.36. The van der Waals surface area contributed by atoms with Gasteiger partial charge >= 0.3 is 0 Å². The van der Waals surface area contributed by atoms with E-state index in [1.165, 1.54) is 16.7 Å². The second-order valence-electron chi connectivity index (χ2n) is 5.63. The molecule has 1 heteroatoms. The van der Waals surface area contributed by atoms with Gasteiger partial charge in [0, 0.05) is 0 Å². The van der Waals surface area contributed by atoms with Gasteiger partial charge in [-0.1, -0.05) is 54.1 Å². The number of rotatable bonds is 2. The number of benzene rings is 2. The van der Waals surface area contributed by atoms with Gasteiger partial charge in [-0.25, -0.2) is 0 Å². The molecule has 0 saturated heterocycles. The Morgan fingerprint density at radius 1 is 1.05 bits per heavy atom. The Morgan fingerprint density at radius 2 is 1.79 bits per heavy atom. The molecule has 0 fully saturated rings. The minimum Gasteiger partial charge on any atom is -0.388 e. The summed E-state index contributed by atoms with van der Waals surface area (Å²) in [5.41, 5.74) is 5.06. The van der Waals surface area contributed by atoms with Gasteiger partial charge in [-0.2, -0.15) is 0 Å². The maximum Gasteiger partial charge on any atom is 0.0824 e. The fraction of sp³-hybridized carbons (Fsp3) is 0.333. The Morgan fingerprint density at radius 3 is 2.58 bits per heavy atom. The van der Waals surface area contributed by atoms with Crippen LogP contribution >= 0.6 is 0 Å². The molecule has 2 unspecified atom stereocenters. The number of aliphatic hydroxyl groups excluding tert-OH is 1. The summed E-state index contributed by atoms with van der Waals surface area (Å²) < 4.78 is 0. The molecular weight excluding hydrogens is 232 g/mol. The van der Waals surface area contributed by atoms with E-state index in [0.717, 1.165) is 24.8 Å². The normalized spacial score (nSPS) is 22.0. The lowest BCUT2D eigenvalue weighted by Gasteiger charge is -2.30. The topological polar surface area (TPSA) is 20.2 Å². The predicted octanol–water partition coefficient (Wildman–Crippen LogP) is 3.83. The summed E-state index contributed by atoms with van der Waals surface area (Å²) in [6.07, 6.45) is 2.82. The molecule has 2 aromatic rings. The van der Waals surface area contributed by atoms with Gasteiger partial charge in [0.15, 0.2) is 0 Å². The molecular formula is C18H20O. The van der Waals surface area contributed by atoms with E-state index in [0.29, 0.717) is 5.92 Å². The molecule has 1 N–H and O–H groups in total. The van der Waals surface area contributed by atoms with Crippen LogP contribution in [-0.2, 0) is 12.8 Å². The first-order chi connectivity index (χ1) is 9.24. The molecule has 0 saturated carbocycles. The SMILES string of the molecule is Cc1ccc(CC2CCc3ccccc3C2O)cc1. The summed E-state index contributed by atoms with van der Waals surface area (Å²) in [4.78, 5) is 0. The van der Waals surface area contributed by atoms with Crippen LogP contribution in [0.2, 0.25) is 0 Å². The first-order valence-corrected chi connectivity index (χ1v) is 7.05. The Kier molecular flexibility index (Phi) is 3.39. The maximum atomic E-state index is 10.5. The molecule has 0 radical (unpaired) electrons. The van der Waals surface area contributed by atoms with Crippen molar-refractivity contribution >= 4 is 0 Å². The molecule has 2 aromatic carbocycles. The van der Waals surface area contributed by atoms with E-state index in [1.807, 2.05) is 6.07 Å². The average molecular weight is 252 g/mol. The molecule has 0 aliphatic heterocycles. The van der Waals surface area contributed by atoms with E-state index in [2.05, 4.69) is 49.4 Å². The van der Waals surface area contributed by atoms with Crippen molar-refractivity contribution in [2.75, 3.05) is 0 Å².